The van der Waals surface area contributed by atoms with Crippen LogP contribution in [0, 0.1) is 6.92 Å². The molecule has 29 heavy (non-hydrogen) atoms. The molecule has 7 heteroatoms. The maximum atomic E-state index is 12.7. The molecule has 0 atom stereocenters. The number of anilines is 1. The van der Waals surface area contributed by atoms with Gasteiger partial charge in [0, 0.05) is 12.6 Å². The third-order valence-electron chi connectivity index (χ3n) is 4.44. The Morgan fingerprint density at radius 1 is 0.931 bits per heavy atom. The van der Waals surface area contributed by atoms with Crippen LogP contribution in [0.5, 0.6) is 11.5 Å². The molecular formula is C22H24N2O4S. The molecule has 0 unspecified atom stereocenters. The molecule has 0 aliphatic heterocycles. The van der Waals surface area contributed by atoms with Crippen molar-refractivity contribution in [2.75, 3.05) is 11.8 Å². The minimum atomic E-state index is -3.73. The molecule has 0 saturated heterocycles. The fourth-order valence-electron chi connectivity index (χ4n) is 2.73. The van der Waals surface area contributed by atoms with Crippen LogP contribution in [0.25, 0.3) is 0 Å². The van der Waals surface area contributed by atoms with Gasteiger partial charge in [0.25, 0.3) is 10.0 Å². The Bertz CT molecular complexity index is 1060. The number of nitrogens with one attached hydrogen (secondary N) is 1. The number of aryl methyl sites for hydroxylation is 1. The second kappa shape index (κ2) is 8.98. The van der Waals surface area contributed by atoms with Crippen LogP contribution in [0.2, 0.25) is 0 Å². The predicted molar refractivity (Wildman–Crippen MR) is 114 cm³/mol. The Morgan fingerprint density at radius 2 is 1.59 bits per heavy atom. The first kappa shape index (κ1) is 20.7. The fourth-order valence-corrected chi connectivity index (χ4v) is 3.82. The molecule has 3 N–H and O–H groups in total. The van der Waals surface area contributed by atoms with Gasteiger partial charge in [-0.05, 0) is 48.4 Å². The molecule has 0 spiro atoms. The van der Waals surface area contributed by atoms with Gasteiger partial charge in [-0.2, -0.15) is 0 Å². The van der Waals surface area contributed by atoms with Gasteiger partial charge >= 0.3 is 0 Å². The van der Waals surface area contributed by atoms with Crippen LogP contribution in [0.4, 0.5) is 5.69 Å². The van der Waals surface area contributed by atoms with Crippen molar-refractivity contribution in [3.8, 4) is 11.5 Å². The van der Waals surface area contributed by atoms with Gasteiger partial charge in [-0.3, -0.25) is 4.72 Å². The summed E-state index contributed by atoms with van der Waals surface area (Å²) in [5, 5.41) is 0. The normalized spacial score (nSPS) is 11.1. The van der Waals surface area contributed by atoms with Crippen molar-refractivity contribution in [1.82, 2.24) is 0 Å². The number of sulfonamides is 1. The summed E-state index contributed by atoms with van der Waals surface area (Å²) in [5.41, 5.74) is 8.82. The number of hydrogen-bond donors (Lipinski definition) is 2. The smallest absolute Gasteiger partial charge is 0.261 e. The van der Waals surface area contributed by atoms with Crippen LogP contribution < -0.4 is 19.9 Å². The predicted octanol–water partition coefficient (Wildman–Crippen LogP) is 3.84. The standard InChI is InChI=1S/C22H24N2O4S/c1-16-3-11-21(12-4-16)29(25,26)24-22-13-20(10-7-18(22)14-23)28-15-17-5-8-19(27-2)9-6-17/h3-13,24H,14-15,23H2,1-2H3. The zero-order valence-electron chi connectivity index (χ0n) is 16.4. The van der Waals surface area contributed by atoms with E-state index in [4.69, 9.17) is 15.2 Å². The maximum Gasteiger partial charge on any atom is 0.261 e. The molecule has 0 radical (unpaired) electrons. The highest BCUT2D eigenvalue weighted by atomic mass is 32.2. The summed E-state index contributed by atoms with van der Waals surface area (Å²) in [6.45, 7) is 2.45. The van der Waals surface area contributed by atoms with Gasteiger partial charge in [-0.25, -0.2) is 8.42 Å². The molecule has 0 aromatic heterocycles. The highest BCUT2D eigenvalue weighted by molar-refractivity contribution is 7.92. The SMILES string of the molecule is COc1ccc(COc2ccc(CN)c(NS(=O)(=O)c3ccc(C)cc3)c2)cc1. The van der Waals surface area contributed by atoms with Crippen molar-refractivity contribution < 1.29 is 17.9 Å². The van der Waals surface area contributed by atoms with Crippen molar-refractivity contribution >= 4 is 15.7 Å². The van der Waals surface area contributed by atoms with Crippen molar-refractivity contribution in [1.29, 1.82) is 0 Å². The summed E-state index contributed by atoms with van der Waals surface area (Å²) >= 11 is 0. The van der Waals surface area contributed by atoms with Crippen LogP contribution in [0.15, 0.2) is 71.6 Å². The molecule has 0 saturated carbocycles. The van der Waals surface area contributed by atoms with E-state index in [0.717, 1.165) is 16.9 Å². The van der Waals surface area contributed by atoms with E-state index in [1.54, 1.807) is 49.6 Å². The second-order valence-corrected chi connectivity index (χ2v) is 8.26. The van der Waals surface area contributed by atoms with Crippen LogP contribution in [-0.4, -0.2) is 15.5 Å². The van der Waals surface area contributed by atoms with Crippen molar-refractivity contribution in [2.24, 2.45) is 5.73 Å². The fraction of sp³-hybridized carbons (Fsp3) is 0.182. The van der Waals surface area contributed by atoms with E-state index >= 15 is 0 Å². The number of rotatable bonds is 8. The molecule has 3 aromatic carbocycles. The second-order valence-electron chi connectivity index (χ2n) is 6.58. The largest absolute Gasteiger partial charge is 0.497 e. The third kappa shape index (κ3) is 5.28. The van der Waals surface area contributed by atoms with E-state index < -0.39 is 10.0 Å². The van der Waals surface area contributed by atoms with Gasteiger partial charge in [-0.15, -0.1) is 0 Å². The molecule has 3 rings (SSSR count). The summed E-state index contributed by atoms with van der Waals surface area (Å²) in [7, 11) is -2.11. The van der Waals surface area contributed by atoms with Crippen molar-refractivity contribution in [3.05, 3.63) is 83.4 Å². The van der Waals surface area contributed by atoms with Gasteiger partial charge in [0.05, 0.1) is 17.7 Å². The van der Waals surface area contributed by atoms with E-state index in [9.17, 15) is 8.42 Å². The summed E-state index contributed by atoms with van der Waals surface area (Å²) in [6, 6.07) is 19.4. The molecular weight excluding hydrogens is 388 g/mol. The molecule has 6 nitrogen and oxygen atoms in total. The number of ether oxygens (including phenoxy) is 2. The maximum absolute atomic E-state index is 12.7. The lowest BCUT2D eigenvalue weighted by Crippen LogP contribution is -2.15. The Balaban J connectivity index is 1.78. The van der Waals surface area contributed by atoms with Gasteiger partial charge < -0.3 is 15.2 Å². The molecule has 0 aliphatic rings. The highest BCUT2D eigenvalue weighted by Gasteiger charge is 2.16. The minimum absolute atomic E-state index is 0.190. The molecule has 152 valence electrons. The third-order valence-corrected chi connectivity index (χ3v) is 5.82. The van der Waals surface area contributed by atoms with Crippen molar-refractivity contribution in [3.63, 3.8) is 0 Å². The highest BCUT2D eigenvalue weighted by Crippen LogP contribution is 2.26. The lowest BCUT2D eigenvalue weighted by atomic mass is 10.2. The zero-order chi connectivity index (χ0) is 20.9. The lowest BCUT2D eigenvalue weighted by Gasteiger charge is -2.14. The van der Waals surface area contributed by atoms with E-state index in [1.807, 2.05) is 31.2 Å². The first-order chi connectivity index (χ1) is 13.9. The topological polar surface area (TPSA) is 90.7 Å². The van der Waals surface area contributed by atoms with Crippen LogP contribution >= 0.6 is 0 Å². The summed E-state index contributed by atoms with van der Waals surface area (Å²) in [5.74, 6) is 1.31. The molecule has 0 fully saturated rings. The Hall–Kier alpha value is -3.03. The quantitative estimate of drug-likeness (QED) is 0.587. The van der Waals surface area contributed by atoms with Crippen LogP contribution in [-0.2, 0) is 23.2 Å². The molecule has 0 heterocycles. The molecule has 3 aromatic rings. The number of methoxy groups -OCH3 is 1. The Morgan fingerprint density at radius 3 is 2.21 bits per heavy atom. The van der Waals surface area contributed by atoms with Crippen molar-refractivity contribution in [2.45, 2.75) is 25.0 Å². The van der Waals surface area contributed by atoms with Crippen LogP contribution in [0.3, 0.4) is 0 Å². The number of nitrogens with two attached hydrogens (primary N) is 1. The average Bonchev–Trinajstić information content (AvgIpc) is 2.73. The number of benzene rings is 3. The van der Waals surface area contributed by atoms with Gasteiger partial charge in [0.15, 0.2) is 0 Å². The van der Waals surface area contributed by atoms with E-state index in [1.165, 1.54) is 0 Å². The summed E-state index contributed by atoms with van der Waals surface area (Å²) in [6.07, 6.45) is 0. The molecule has 0 amide bonds. The average molecular weight is 413 g/mol. The van der Waals surface area contributed by atoms with E-state index in [2.05, 4.69) is 4.72 Å². The Labute approximate surface area is 171 Å². The van der Waals surface area contributed by atoms with Gasteiger partial charge in [0.2, 0.25) is 0 Å². The Kier molecular flexibility index (Phi) is 6.41. The van der Waals surface area contributed by atoms with E-state index in [0.29, 0.717) is 23.6 Å². The number of hydrogen-bond acceptors (Lipinski definition) is 5. The zero-order valence-corrected chi connectivity index (χ0v) is 17.2. The first-order valence-electron chi connectivity index (χ1n) is 9.09. The molecule has 0 bridgehead atoms. The monoisotopic (exact) mass is 412 g/mol. The summed E-state index contributed by atoms with van der Waals surface area (Å²) in [4.78, 5) is 0.190. The minimum Gasteiger partial charge on any atom is -0.497 e. The first-order valence-corrected chi connectivity index (χ1v) is 10.6. The summed E-state index contributed by atoms with van der Waals surface area (Å²) < 4.78 is 39.0. The van der Waals surface area contributed by atoms with E-state index in [-0.39, 0.29) is 11.4 Å². The molecule has 0 aliphatic carbocycles. The van der Waals surface area contributed by atoms with Gasteiger partial charge in [-0.1, -0.05) is 35.9 Å². The van der Waals surface area contributed by atoms with Crippen LogP contribution in [0.1, 0.15) is 16.7 Å². The lowest BCUT2D eigenvalue weighted by molar-refractivity contribution is 0.306. The van der Waals surface area contributed by atoms with Gasteiger partial charge in [0.1, 0.15) is 18.1 Å².